The maximum absolute atomic E-state index is 9.65. The highest BCUT2D eigenvalue weighted by atomic mass is 16.3. The Morgan fingerprint density at radius 1 is 0.900 bits per heavy atom. The summed E-state index contributed by atoms with van der Waals surface area (Å²) >= 11 is 0. The molecule has 3 unspecified atom stereocenters. The Bertz CT molecular complexity index is 549. The quantitative estimate of drug-likeness (QED) is 0.299. The molecular weight excluding hydrogens is 364 g/mol. The van der Waals surface area contributed by atoms with E-state index in [0.29, 0.717) is 17.8 Å². The van der Waals surface area contributed by atoms with Crippen LogP contribution < -0.4 is 0 Å². The normalized spacial score (nSPS) is 30.2. The van der Waals surface area contributed by atoms with Crippen LogP contribution in [0.15, 0.2) is 12.2 Å². The molecule has 0 aromatic rings. The molecule has 2 rings (SSSR count). The molecule has 3 atom stereocenters. The van der Waals surface area contributed by atoms with E-state index in [-0.39, 0.29) is 6.10 Å². The van der Waals surface area contributed by atoms with Crippen molar-refractivity contribution < 1.29 is 5.11 Å². The monoisotopic (exact) mass is 414 g/mol. The number of aliphatic hydroxyl groups is 1. The van der Waals surface area contributed by atoms with Crippen LogP contribution in [0.4, 0.5) is 0 Å². The Labute approximate surface area is 188 Å². The lowest BCUT2D eigenvalue weighted by molar-refractivity contribution is 0.119. The smallest absolute Gasteiger partial charge is 0.0541 e. The number of allylic oxidation sites excluding steroid dienone is 1. The minimum Gasteiger partial charge on any atom is -0.393 e. The van der Waals surface area contributed by atoms with Crippen molar-refractivity contribution >= 4 is 0 Å². The summed E-state index contributed by atoms with van der Waals surface area (Å²) in [6.45, 7) is 16.1. The molecule has 0 saturated heterocycles. The first-order valence-electron chi connectivity index (χ1n) is 13.2. The molecule has 1 heteroatoms. The third-order valence-electron chi connectivity index (χ3n) is 8.48. The molecule has 0 aliphatic heterocycles. The van der Waals surface area contributed by atoms with Crippen molar-refractivity contribution in [3.05, 3.63) is 12.2 Å². The van der Waals surface area contributed by atoms with Gasteiger partial charge in [-0.15, -0.1) is 0 Å². The number of hydrogen-bond donors (Lipinski definition) is 1. The standard InChI is InChI=1S/C29H50O/c1-7-28(23(6)21(2)3)29(22(4)5)10-8-9-24-11-13-25(14-12-24)15-16-26-17-19-27(30)20-18-26/h22-30H,2,7-14,17-20H2,1,3-6H3. The molecule has 172 valence electrons. The summed E-state index contributed by atoms with van der Waals surface area (Å²) in [4.78, 5) is 0. The van der Waals surface area contributed by atoms with Gasteiger partial charge in [-0.2, -0.15) is 0 Å². The number of rotatable bonds is 9. The van der Waals surface area contributed by atoms with E-state index in [1.807, 2.05) is 0 Å². The summed E-state index contributed by atoms with van der Waals surface area (Å²) in [5, 5.41) is 9.65. The van der Waals surface area contributed by atoms with Gasteiger partial charge in [0.2, 0.25) is 0 Å². The van der Waals surface area contributed by atoms with Crippen LogP contribution in [0.5, 0.6) is 0 Å². The van der Waals surface area contributed by atoms with Gasteiger partial charge in [-0.05, 0) is 94.3 Å². The minimum absolute atomic E-state index is 0.0645. The second-order valence-corrected chi connectivity index (χ2v) is 11.1. The summed E-state index contributed by atoms with van der Waals surface area (Å²) in [5.41, 5.74) is 1.36. The van der Waals surface area contributed by atoms with Crippen molar-refractivity contribution in [3.8, 4) is 11.8 Å². The average Bonchev–Trinajstić information content (AvgIpc) is 2.73. The fraction of sp³-hybridized carbons (Fsp3) is 0.862. The van der Waals surface area contributed by atoms with E-state index >= 15 is 0 Å². The fourth-order valence-corrected chi connectivity index (χ4v) is 6.13. The molecule has 0 amide bonds. The molecule has 0 radical (unpaired) electrons. The van der Waals surface area contributed by atoms with Crippen molar-refractivity contribution in [1.29, 1.82) is 0 Å². The highest BCUT2D eigenvalue weighted by Crippen LogP contribution is 2.38. The van der Waals surface area contributed by atoms with Gasteiger partial charge in [0, 0.05) is 11.8 Å². The van der Waals surface area contributed by atoms with Gasteiger partial charge in [0.15, 0.2) is 0 Å². The largest absolute Gasteiger partial charge is 0.393 e. The van der Waals surface area contributed by atoms with Gasteiger partial charge < -0.3 is 5.11 Å². The van der Waals surface area contributed by atoms with E-state index in [1.54, 1.807) is 0 Å². The first kappa shape index (κ1) is 25.5. The first-order chi connectivity index (χ1) is 14.3. The van der Waals surface area contributed by atoms with Crippen molar-refractivity contribution in [3.63, 3.8) is 0 Å². The molecule has 2 fully saturated rings. The number of hydrogen-bond acceptors (Lipinski definition) is 1. The molecule has 1 N–H and O–H groups in total. The van der Waals surface area contributed by atoms with Crippen LogP contribution in [-0.2, 0) is 0 Å². The summed E-state index contributed by atoms with van der Waals surface area (Å²) in [7, 11) is 0. The van der Waals surface area contributed by atoms with E-state index in [0.717, 1.165) is 49.4 Å². The predicted molar refractivity (Wildman–Crippen MR) is 131 cm³/mol. The molecular formula is C29H50O. The summed E-state index contributed by atoms with van der Waals surface area (Å²) in [6.07, 6.45) is 14.9. The Balaban J connectivity index is 1.72. The topological polar surface area (TPSA) is 20.2 Å². The lowest BCUT2D eigenvalue weighted by Crippen LogP contribution is -2.26. The zero-order valence-electron chi connectivity index (χ0n) is 20.8. The molecule has 0 spiro atoms. The van der Waals surface area contributed by atoms with Gasteiger partial charge in [-0.25, -0.2) is 0 Å². The highest BCUT2D eigenvalue weighted by Gasteiger charge is 2.28. The molecule has 0 heterocycles. The minimum atomic E-state index is -0.0645. The fourth-order valence-electron chi connectivity index (χ4n) is 6.13. The maximum atomic E-state index is 9.65. The summed E-state index contributed by atoms with van der Waals surface area (Å²) < 4.78 is 0. The first-order valence-corrected chi connectivity index (χ1v) is 13.2. The van der Waals surface area contributed by atoms with E-state index in [1.165, 1.54) is 56.9 Å². The van der Waals surface area contributed by atoms with E-state index < -0.39 is 0 Å². The van der Waals surface area contributed by atoms with Crippen LogP contribution in [-0.4, -0.2) is 11.2 Å². The molecule has 2 aliphatic carbocycles. The maximum Gasteiger partial charge on any atom is 0.0541 e. The highest BCUT2D eigenvalue weighted by molar-refractivity contribution is 5.09. The lowest BCUT2D eigenvalue weighted by Gasteiger charge is -2.35. The molecule has 2 aliphatic rings. The Morgan fingerprint density at radius 3 is 1.90 bits per heavy atom. The van der Waals surface area contributed by atoms with Crippen molar-refractivity contribution in [1.82, 2.24) is 0 Å². The Hall–Kier alpha value is -0.740. The zero-order chi connectivity index (χ0) is 22.1. The molecule has 0 aromatic carbocycles. The van der Waals surface area contributed by atoms with Gasteiger partial charge in [-0.1, -0.05) is 71.0 Å². The van der Waals surface area contributed by atoms with Gasteiger partial charge in [-0.3, -0.25) is 0 Å². The predicted octanol–water partition coefficient (Wildman–Crippen LogP) is 8.03. The average molecular weight is 415 g/mol. The third kappa shape index (κ3) is 8.07. The van der Waals surface area contributed by atoms with Gasteiger partial charge in [0.05, 0.1) is 6.10 Å². The van der Waals surface area contributed by atoms with Gasteiger partial charge in [0.1, 0.15) is 0 Å². The number of aliphatic hydroxyl groups excluding tert-OH is 1. The van der Waals surface area contributed by atoms with Crippen molar-refractivity contribution in [2.24, 2.45) is 41.4 Å². The molecule has 30 heavy (non-hydrogen) atoms. The molecule has 1 nitrogen and oxygen atoms in total. The van der Waals surface area contributed by atoms with Crippen LogP contribution in [0.1, 0.15) is 112 Å². The molecule has 2 saturated carbocycles. The van der Waals surface area contributed by atoms with Gasteiger partial charge >= 0.3 is 0 Å². The van der Waals surface area contributed by atoms with E-state index in [2.05, 4.69) is 53.0 Å². The summed E-state index contributed by atoms with van der Waals surface area (Å²) in [6, 6.07) is 0. The second kappa shape index (κ2) is 13.0. The van der Waals surface area contributed by atoms with Crippen molar-refractivity contribution in [2.45, 2.75) is 118 Å². The molecule has 0 bridgehead atoms. The van der Waals surface area contributed by atoms with Crippen LogP contribution in [0.2, 0.25) is 0 Å². The van der Waals surface area contributed by atoms with Crippen LogP contribution in [0.3, 0.4) is 0 Å². The molecule has 0 aromatic heterocycles. The van der Waals surface area contributed by atoms with Gasteiger partial charge in [0.25, 0.3) is 0 Å². The lowest BCUT2D eigenvalue weighted by atomic mass is 9.70. The second-order valence-electron chi connectivity index (χ2n) is 11.1. The van der Waals surface area contributed by atoms with Crippen LogP contribution in [0.25, 0.3) is 0 Å². The van der Waals surface area contributed by atoms with Crippen LogP contribution >= 0.6 is 0 Å². The van der Waals surface area contributed by atoms with E-state index in [4.69, 9.17) is 0 Å². The summed E-state index contributed by atoms with van der Waals surface area (Å²) in [5.74, 6) is 12.3. The zero-order valence-corrected chi connectivity index (χ0v) is 20.8. The van der Waals surface area contributed by atoms with E-state index in [9.17, 15) is 5.11 Å². The van der Waals surface area contributed by atoms with Crippen LogP contribution in [0, 0.1) is 53.3 Å². The Morgan fingerprint density at radius 2 is 1.43 bits per heavy atom. The van der Waals surface area contributed by atoms with Crippen molar-refractivity contribution in [2.75, 3.05) is 0 Å². The Kier molecular flexibility index (Phi) is 11.0. The SMILES string of the molecule is C=C(C)C(C)C(CC)C(CCCC1CCC(C#CC2CCC(O)CC2)CC1)C(C)C. The third-order valence-corrected chi connectivity index (χ3v) is 8.48.